The molecule has 2 fully saturated rings. The average molecular weight is 352 g/mol. The van der Waals surface area contributed by atoms with Gasteiger partial charge in [-0.1, -0.05) is 23.7 Å². The molecule has 2 heterocycles. The van der Waals surface area contributed by atoms with Gasteiger partial charge in [-0.2, -0.15) is 0 Å². The monoisotopic (exact) mass is 351 g/mol. The summed E-state index contributed by atoms with van der Waals surface area (Å²) in [6.45, 7) is 2.09. The maximum absolute atomic E-state index is 13.3. The molecule has 0 unspecified atom stereocenters. The zero-order valence-electron chi connectivity index (χ0n) is 13.5. The first kappa shape index (κ1) is 17.2. The van der Waals surface area contributed by atoms with Gasteiger partial charge in [-0.05, 0) is 43.4 Å². The topological polar surface area (TPSA) is 66.8 Å². The lowest BCUT2D eigenvalue weighted by Crippen LogP contribution is -2.52. The van der Waals surface area contributed by atoms with E-state index in [0.29, 0.717) is 57.0 Å². The van der Waals surface area contributed by atoms with Gasteiger partial charge in [-0.15, -0.1) is 0 Å². The van der Waals surface area contributed by atoms with Gasteiger partial charge in [0.2, 0.25) is 5.91 Å². The summed E-state index contributed by atoms with van der Waals surface area (Å²) in [7, 11) is 0. The number of hydrogen-bond donors (Lipinski definition) is 1. The second-order valence-corrected chi connectivity index (χ2v) is 7.05. The summed E-state index contributed by atoms with van der Waals surface area (Å²) in [5.41, 5.74) is 0.322. The normalized spacial score (nSPS) is 21.5. The molecule has 1 aromatic carbocycles. The van der Waals surface area contributed by atoms with E-state index in [2.05, 4.69) is 0 Å². The highest BCUT2D eigenvalue weighted by molar-refractivity contribution is 6.30. The highest BCUT2D eigenvalue weighted by atomic mass is 35.5. The number of halogens is 1. The molecule has 2 aliphatic heterocycles. The van der Waals surface area contributed by atoms with E-state index in [9.17, 15) is 9.59 Å². The highest BCUT2D eigenvalue weighted by Crippen LogP contribution is 2.38. The third-order valence-electron chi connectivity index (χ3n) is 5.26. The summed E-state index contributed by atoms with van der Waals surface area (Å²) in [6, 6.07) is 7.51. The molecule has 2 saturated heterocycles. The van der Waals surface area contributed by atoms with Gasteiger partial charge in [0.1, 0.15) is 0 Å². The summed E-state index contributed by atoms with van der Waals surface area (Å²) in [6.07, 6.45) is 2.29. The van der Waals surface area contributed by atoms with Crippen molar-refractivity contribution in [2.75, 3.05) is 26.3 Å². The van der Waals surface area contributed by atoms with Gasteiger partial charge in [0.05, 0.1) is 11.3 Å². The minimum absolute atomic E-state index is 0.0805. The Morgan fingerprint density at radius 2 is 1.88 bits per heavy atom. The van der Waals surface area contributed by atoms with Crippen LogP contribution in [0, 0.1) is 5.92 Å². The summed E-state index contributed by atoms with van der Waals surface area (Å²) < 4.78 is 5.48. The molecule has 0 bridgehead atoms. The van der Waals surface area contributed by atoms with Crippen molar-refractivity contribution in [1.29, 1.82) is 0 Å². The number of likely N-dealkylation sites (tertiary alicyclic amines) is 1. The van der Waals surface area contributed by atoms with Crippen molar-refractivity contribution >= 4 is 23.5 Å². The number of carboxylic acids is 1. The van der Waals surface area contributed by atoms with E-state index < -0.39 is 11.4 Å². The number of amides is 1. The summed E-state index contributed by atoms with van der Waals surface area (Å²) in [5.74, 6) is -1.03. The lowest BCUT2D eigenvalue weighted by Gasteiger charge is -2.42. The zero-order valence-corrected chi connectivity index (χ0v) is 14.3. The molecule has 6 heteroatoms. The predicted octanol–water partition coefficient (Wildman–Crippen LogP) is 2.71. The summed E-state index contributed by atoms with van der Waals surface area (Å²) in [4.78, 5) is 26.3. The van der Waals surface area contributed by atoms with Crippen LogP contribution in [0.15, 0.2) is 24.3 Å². The minimum Gasteiger partial charge on any atom is -0.481 e. The molecule has 0 atom stereocenters. The fourth-order valence-electron chi connectivity index (χ4n) is 3.76. The van der Waals surface area contributed by atoms with Gasteiger partial charge in [0.15, 0.2) is 0 Å². The predicted molar refractivity (Wildman–Crippen MR) is 90.1 cm³/mol. The van der Waals surface area contributed by atoms with Gasteiger partial charge in [-0.3, -0.25) is 9.59 Å². The Hall–Kier alpha value is -1.59. The van der Waals surface area contributed by atoms with Crippen LogP contribution in [0.1, 0.15) is 31.2 Å². The second kappa shape index (κ2) is 7.11. The van der Waals surface area contributed by atoms with E-state index in [4.69, 9.17) is 21.4 Å². The summed E-state index contributed by atoms with van der Waals surface area (Å²) in [5, 5.41) is 9.76. The van der Waals surface area contributed by atoms with Crippen LogP contribution in [-0.2, 0) is 19.7 Å². The van der Waals surface area contributed by atoms with Gasteiger partial charge in [0, 0.05) is 31.3 Å². The van der Waals surface area contributed by atoms with Crippen molar-refractivity contribution < 1.29 is 19.4 Å². The molecule has 0 aliphatic carbocycles. The third kappa shape index (κ3) is 3.28. The molecule has 1 amide bonds. The van der Waals surface area contributed by atoms with E-state index in [1.807, 2.05) is 23.1 Å². The number of ether oxygens (including phenoxy) is 1. The lowest BCUT2D eigenvalue weighted by atomic mass is 9.72. The molecule has 0 saturated carbocycles. The molecule has 3 rings (SSSR count). The molecule has 5 nitrogen and oxygen atoms in total. The first-order valence-electron chi connectivity index (χ1n) is 8.39. The van der Waals surface area contributed by atoms with Crippen LogP contribution in [0.5, 0.6) is 0 Å². The number of rotatable bonds is 3. The fraction of sp³-hybridized carbons (Fsp3) is 0.556. The van der Waals surface area contributed by atoms with Crippen molar-refractivity contribution in [2.45, 2.75) is 31.1 Å². The molecule has 2 aliphatic rings. The number of carbonyl (C=O) groups is 2. The molecule has 1 aromatic rings. The van der Waals surface area contributed by atoms with E-state index in [-0.39, 0.29) is 11.8 Å². The number of carbonyl (C=O) groups excluding carboxylic acids is 1. The standard InChI is InChI=1S/C18H22ClNO4/c19-15-3-1-2-14(12-15)18(6-10-24-11-7-18)17(23)20-8-4-13(5-9-20)16(21)22/h1-3,12-13H,4-11H2,(H,21,22). The van der Waals surface area contributed by atoms with Crippen LogP contribution >= 0.6 is 11.6 Å². The van der Waals surface area contributed by atoms with Gasteiger partial charge >= 0.3 is 5.97 Å². The van der Waals surface area contributed by atoms with Gasteiger partial charge in [-0.25, -0.2) is 0 Å². The molecule has 0 radical (unpaired) electrons. The minimum atomic E-state index is -0.766. The molecule has 0 aromatic heterocycles. The van der Waals surface area contributed by atoms with E-state index in [1.54, 1.807) is 6.07 Å². The first-order chi connectivity index (χ1) is 11.5. The maximum Gasteiger partial charge on any atom is 0.306 e. The second-order valence-electron chi connectivity index (χ2n) is 6.61. The Kier molecular flexibility index (Phi) is 5.11. The quantitative estimate of drug-likeness (QED) is 0.909. The molecule has 24 heavy (non-hydrogen) atoms. The Morgan fingerprint density at radius 1 is 1.21 bits per heavy atom. The van der Waals surface area contributed by atoms with Crippen LogP contribution in [-0.4, -0.2) is 48.2 Å². The molecule has 1 N–H and O–H groups in total. The molecular formula is C18H22ClNO4. The van der Waals surface area contributed by atoms with Crippen LogP contribution in [0.3, 0.4) is 0 Å². The Labute approximate surface area is 146 Å². The molecular weight excluding hydrogens is 330 g/mol. The van der Waals surface area contributed by atoms with Crippen molar-refractivity contribution in [1.82, 2.24) is 4.90 Å². The molecule has 130 valence electrons. The molecule has 0 spiro atoms. The van der Waals surface area contributed by atoms with Gasteiger partial charge in [0.25, 0.3) is 0 Å². The number of aliphatic carboxylic acids is 1. The maximum atomic E-state index is 13.3. The number of carboxylic acid groups (broad SMARTS) is 1. The zero-order chi connectivity index (χ0) is 17.2. The number of hydrogen-bond acceptors (Lipinski definition) is 3. The third-order valence-corrected chi connectivity index (χ3v) is 5.50. The Morgan fingerprint density at radius 3 is 2.46 bits per heavy atom. The SMILES string of the molecule is O=C(O)C1CCN(C(=O)C2(c3cccc(Cl)c3)CCOCC2)CC1. The fourth-order valence-corrected chi connectivity index (χ4v) is 3.95. The van der Waals surface area contributed by atoms with Crippen molar-refractivity contribution in [3.63, 3.8) is 0 Å². The Bertz CT molecular complexity index is 619. The van der Waals surface area contributed by atoms with Crippen LogP contribution in [0.4, 0.5) is 0 Å². The highest BCUT2D eigenvalue weighted by Gasteiger charge is 2.45. The first-order valence-corrected chi connectivity index (χ1v) is 8.77. The average Bonchev–Trinajstić information content (AvgIpc) is 2.62. The van der Waals surface area contributed by atoms with Crippen LogP contribution in [0.25, 0.3) is 0 Å². The smallest absolute Gasteiger partial charge is 0.306 e. The van der Waals surface area contributed by atoms with E-state index in [0.717, 1.165) is 5.56 Å². The van der Waals surface area contributed by atoms with Crippen molar-refractivity contribution in [3.8, 4) is 0 Å². The largest absolute Gasteiger partial charge is 0.481 e. The van der Waals surface area contributed by atoms with Crippen molar-refractivity contribution in [3.05, 3.63) is 34.9 Å². The Balaban J connectivity index is 1.84. The van der Waals surface area contributed by atoms with E-state index in [1.165, 1.54) is 0 Å². The lowest BCUT2D eigenvalue weighted by molar-refractivity contribution is -0.149. The van der Waals surface area contributed by atoms with Gasteiger partial charge < -0.3 is 14.7 Å². The number of nitrogens with zero attached hydrogens (tertiary/aromatic N) is 1. The van der Waals surface area contributed by atoms with Crippen LogP contribution in [0.2, 0.25) is 5.02 Å². The number of benzene rings is 1. The summed E-state index contributed by atoms with van der Waals surface area (Å²) >= 11 is 6.15. The van der Waals surface area contributed by atoms with Crippen LogP contribution < -0.4 is 0 Å². The van der Waals surface area contributed by atoms with Crippen molar-refractivity contribution in [2.24, 2.45) is 5.92 Å². The number of piperidine rings is 1. The van der Waals surface area contributed by atoms with E-state index >= 15 is 0 Å².